The minimum atomic E-state index is -2.66. The van der Waals surface area contributed by atoms with Gasteiger partial charge in [-0.15, -0.1) is 0 Å². The first-order valence-corrected chi connectivity index (χ1v) is 3.66. The molecule has 0 aromatic heterocycles. The number of hydrogen-bond acceptors (Lipinski definition) is 3. The van der Waals surface area contributed by atoms with E-state index in [1.165, 1.54) is 7.11 Å². The fourth-order valence-electron chi connectivity index (χ4n) is 0.981. The molecule has 1 aromatic rings. The highest BCUT2D eigenvalue weighted by Crippen LogP contribution is 2.31. The summed E-state index contributed by atoms with van der Waals surface area (Å²) in [6.07, 6.45) is -2.66. The summed E-state index contributed by atoms with van der Waals surface area (Å²) in [4.78, 5) is 9.71. The Labute approximate surface area is 78.3 Å². The average Bonchev–Trinajstić information content (AvgIpc) is 2.16. The Kier molecular flexibility index (Phi) is 2.95. The quantitative estimate of drug-likeness (QED) is 0.560. The van der Waals surface area contributed by atoms with Gasteiger partial charge in [-0.25, -0.2) is 8.78 Å². The maximum absolute atomic E-state index is 12.2. The second kappa shape index (κ2) is 3.99. The Morgan fingerprint density at radius 3 is 2.57 bits per heavy atom. The molecule has 0 N–H and O–H groups in total. The van der Waals surface area contributed by atoms with Gasteiger partial charge in [-0.05, 0) is 12.1 Å². The molecule has 0 spiro atoms. The van der Waals surface area contributed by atoms with Crippen LogP contribution in [-0.2, 0) is 0 Å². The molecule has 0 radical (unpaired) electrons. The summed E-state index contributed by atoms with van der Waals surface area (Å²) < 4.78 is 29.0. The molecule has 4 nitrogen and oxygen atoms in total. The van der Waals surface area contributed by atoms with Crippen molar-refractivity contribution in [1.29, 1.82) is 0 Å². The number of nitro groups is 1. The van der Waals surface area contributed by atoms with Crippen molar-refractivity contribution in [1.82, 2.24) is 0 Å². The van der Waals surface area contributed by atoms with Crippen LogP contribution in [0.1, 0.15) is 12.0 Å². The molecule has 0 saturated carbocycles. The van der Waals surface area contributed by atoms with Crippen molar-refractivity contribution in [2.75, 3.05) is 7.11 Å². The number of nitrogens with zero attached hydrogens (tertiary/aromatic N) is 1. The summed E-state index contributed by atoms with van der Waals surface area (Å²) in [6, 6.07) is 2.97. The van der Waals surface area contributed by atoms with Gasteiger partial charge in [-0.3, -0.25) is 10.1 Å². The minimum absolute atomic E-state index is 0.159. The fraction of sp³-hybridized carbons (Fsp3) is 0.250. The lowest BCUT2D eigenvalue weighted by Gasteiger charge is -2.04. The van der Waals surface area contributed by atoms with Gasteiger partial charge in [0.25, 0.3) is 6.43 Å². The van der Waals surface area contributed by atoms with Gasteiger partial charge in [0, 0.05) is 11.6 Å². The van der Waals surface area contributed by atoms with Crippen LogP contribution in [0.15, 0.2) is 18.2 Å². The van der Waals surface area contributed by atoms with Crippen LogP contribution < -0.4 is 4.74 Å². The van der Waals surface area contributed by atoms with Gasteiger partial charge >= 0.3 is 5.69 Å². The van der Waals surface area contributed by atoms with E-state index in [1.807, 2.05) is 0 Å². The highest BCUT2D eigenvalue weighted by Gasteiger charge is 2.17. The minimum Gasteiger partial charge on any atom is -0.490 e. The van der Waals surface area contributed by atoms with E-state index in [9.17, 15) is 18.9 Å². The summed E-state index contributed by atoms with van der Waals surface area (Å²) in [5.74, 6) is -0.159. The van der Waals surface area contributed by atoms with Crippen LogP contribution in [0.4, 0.5) is 14.5 Å². The predicted octanol–water partition coefficient (Wildman–Crippen LogP) is 2.54. The lowest BCUT2D eigenvalue weighted by atomic mass is 10.2. The maximum Gasteiger partial charge on any atom is 0.310 e. The van der Waals surface area contributed by atoms with Crippen LogP contribution in [-0.4, -0.2) is 12.0 Å². The maximum atomic E-state index is 12.2. The van der Waals surface area contributed by atoms with Gasteiger partial charge in [0.2, 0.25) is 0 Å². The van der Waals surface area contributed by atoms with Crippen molar-refractivity contribution >= 4 is 5.69 Å². The molecule has 0 heterocycles. The van der Waals surface area contributed by atoms with Crippen LogP contribution in [0.2, 0.25) is 0 Å². The Morgan fingerprint density at radius 2 is 2.14 bits per heavy atom. The van der Waals surface area contributed by atoms with Crippen molar-refractivity contribution in [2.45, 2.75) is 6.43 Å². The predicted molar refractivity (Wildman–Crippen MR) is 44.6 cm³/mol. The first-order chi connectivity index (χ1) is 6.56. The normalized spacial score (nSPS) is 10.3. The molecule has 14 heavy (non-hydrogen) atoms. The number of rotatable bonds is 3. The van der Waals surface area contributed by atoms with E-state index >= 15 is 0 Å². The third kappa shape index (κ3) is 1.95. The van der Waals surface area contributed by atoms with Gasteiger partial charge in [-0.1, -0.05) is 0 Å². The number of alkyl halides is 2. The second-order valence-electron chi connectivity index (χ2n) is 2.49. The molecule has 6 heteroatoms. The van der Waals surface area contributed by atoms with Crippen LogP contribution in [0.5, 0.6) is 5.75 Å². The topological polar surface area (TPSA) is 52.4 Å². The molecule has 0 aliphatic heterocycles. The monoisotopic (exact) mass is 203 g/mol. The summed E-state index contributed by atoms with van der Waals surface area (Å²) >= 11 is 0. The van der Waals surface area contributed by atoms with Crippen molar-refractivity contribution < 1.29 is 18.4 Å². The van der Waals surface area contributed by atoms with Crippen molar-refractivity contribution in [3.8, 4) is 5.75 Å². The number of benzene rings is 1. The van der Waals surface area contributed by atoms with Crippen LogP contribution in [0.25, 0.3) is 0 Å². The zero-order chi connectivity index (χ0) is 10.7. The molecule has 0 aliphatic carbocycles. The SMILES string of the molecule is COc1cc(C(F)F)ccc1[N+](=O)[O-]. The highest BCUT2D eigenvalue weighted by molar-refractivity contribution is 5.48. The molecular formula is C8H7F2NO3. The van der Waals surface area contributed by atoms with Crippen LogP contribution in [0.3, 0.4) is 0 Å². The lowest BCUT2D eigenvalue weighted by Crippen LogP contribution is -1.95. The first kappa shape index (κ1) is 10.4. The molecule has 0 unspecified atom stereocenters. The summed E-state index contributed by atoms with van der Waals surface area (Å²) in [6.45, 7) is 0. The second-order valence-corrected chi connectivity index (χ2v) is 2.49. The van der Waals surface area contributed by atoms with E-state index in [-0.39, 0.29) is 17.0 Å². The fourth-order valence-corrected chi connectivity index (χ4v) is 0.981. The zero-order valence-electron chi connectivity index (χ0n) is 7.24. The van der Waals surface area contributed by atoms with Crippen LogP contribution >= 0.6 is 0 Å². The standard InChI is InChI=1S/C8H7F2NO3/c1-14-7-4-5(8(9)10)2-3-6(7)11(12)13/h2-4,8H,1H3. The Bertz CT molecular complexity index is 354. The lowest BCUT2D eigenvalue weighted by molar-refractivity contribution is -0.385. The Morgan fingerprint density at radius 1 is 1.50 bits per heavy atom. The number of methoxy groups -OCH3 is 1. The molecule has 76 valence electrons. The molecule has 0 aliphatic rings. The molecule has 1 aromatic carbocycles. The van der Waals surface area contributed by atoms with Crippen molar-refractivity contribution in [3.63, 3.8) is 0 Å². The molecular weight excluding hydrogens is 196 g/mol. The third-order valence-corrected chi connectivity index (χ3v) is 1.65. The van der Waals surface area contributed by atoms with E-state index in [4.69, 9.17) is 0 Å². The van der Waals surface area contributed by atoms with Crippen molar-refractivity contribution in [2.24, 2.45) is 0 Å². The largest absolute Gasteiger partial charge is 0.490 e. The van der Waals surface area contributed by atoms with Crippen LogP contribution in [0, 0.1) is 10.1 Å². The van der Waals surface area contributed by atoms with Gasteiger partial charge in [0.1, 0.15) is 0 Å². The molecule has 0 atom stereocenters. The molecule has 0 saturated heterocycles. The van der Waals surface area contributed by atoms with Gasteiger partial charge in [-0.2, -0.15) is 0 Å². The number of hydrogen-bond donors (Lipinski definition) is 0. The van der Waals surface area contributed by atoms with E-state index in [2.05, 4.69) is 4.74 Å². The third-order valence-electron chi connectivity index (χ3n) is 1.65. The van der Waals surface area contributed by atoms with E-state index in [0.717, 1.165) is 18.2 Å². The Balaban J connectivity index is 3.18. The molecule has 0 bridgehead atoms. The zero-order valence-corrected chi connectivity index (χ0v) is 7.24. The molecule has 1 rings (SSSR count). The van der Waals surface area contributed by atoms with E-state index < -0.39 is 11.3 Å². The van der Waals surface area contributed by atoms with Gasteiger partial charge in [0.15, 0.2) is 5.75 Å². The Hall–Kier alpha value is -1.72. The smallest absolute Gasteiger partial charge is 0.310 e. The highest BCUT2D eigenvalue weighted by atomic mass is 19.3. The summed E-state index contributed by atoms with van der Waals surface area (Å²) in [5, 5.41) is 10.4. The summed E-state index contributed by atoms with van der Waals surface area (Å²) in [7, 11) is 1.19. The summed E-state index contributed by atoms with van der Waals surface area (Å²) in [5.41, 5.74) is -0.621. The van der Waals surface area contributed by atoms with E-state index in [1.54, 1.807) is 0 Å². The first-order valence-electron chi connectivity index (χ1n) is 3.66. The number of ether oxygens (including phenoxy) is 1. The molecule has 0 fully saturated rings. The molecule has 0 amide bonds. The van der Waals surface area contributed by atoms with Gasteiger partial charge in [0.05, 0.1) is 12.0 Å². The average molecular weight is 203 g/mol. The van der Waals surface area contributed by atoms with Crippen molar-refractivity contribution in [3.05, 3.63) is 33.9 Å². The number of halogens is 2. The number of nitro benzene ring substituents is 1. The van der Waals surface area contributed by atoms with E-state index in [0.29, 0.717) is 0 Å². The van der Waals surface area contributed by atoms with Gasteiger partial charge < -0.3 is 4.74 Å².